The van der Waals surface area contributed by atoms with Crippen LogP contribution in [0.25, 0.3) is 99.9 Å². The number of nitriles is 1. The Kier molecular flexibility index (Phi) is 8.17. The molecule has 10 rings (SSSR count). The molecular formula is C52H32N4. The Balaban J connectivity index is 1.01. The molecule has 1 heterocycles. The van der Waals surface area contributed by atoms with E-state index >= 15 is 0 Å². The van der Waals surface area contributed by atoms with Gasteiger partial charge >= 0.3 is 0 Å². The summed E-state index contributed by atoms with van der Waals surface area (Å²) in [6.07, 6.45) is 0. The predicted octanol–water partition coefficient (Wildman–Crippen LogP) is 13.2. The maximum Gasteiger partial charge on any atom is 0.164 e. The third-order valence-corrected chi connectivity index (χ3v) is 10.6. The Bertz CT molecular complexity index is 3110. The van der Waals surface area contributed by atoms with Gasteiger partial charge in [-0.1, -0.05) is 170 Å². The van der Waals surface area contributed by atoms with Crippen molar-refractivity contribution < 1.29 is 0 Å². The highest BCUT2D eigenvalue weighted by Crippen LogP contribution is 2.40. The van der Waals surface area contributed by atoms with Gasteiger partial charge in [-0.25, -0.2) is 15.0 Å². The molecule has 0 bridgehead atoms. The van der Waals surface area contributed by atoms with E-state index in [0.717, 1.165) is 38.9 Å². The van der Waals surface area contributed by atoms with Gasteiger partial charge in [-0.05, 0) is 90.0 Å². The lowest BCUT2D eigenvalue weighted by molar-refractivity contribution is 1.07. The van der Waals surface area contributed by atoms with E-state index in [-0.39, 0.29) is 0 Å². The predicted molar refractivity (Wildman–Crippen MR) is 230 cm³/mol. The fourth-order valence-corrected chi connectivity index (χ4v) is 7.70. The highest BCUT2D eigenvalue weighted by Gasteiger charge is 2.15. The Morgan fingerprint density at radius 1 is 0.304 bits per heavy atom. The molecule has 0 saturated carbocycles. The summed E-state index contributed by atoms with van der Waals surface area (Å²) in [5, 5.41) is 16.8. The molecule has 260 valence electrons. The fraction of sp³-hybridized carbons (Fsp3) is 0. The first-order chi connectivity index (χ1) is 27.7. The van der Waals surface area contributed by atoms with Crippen LogP contribution in [0.15, 0.2) is 194 Å². The van der Waals surface area contributed by atoms with Crippen LogP contribution in [0.4, 0.5) is 0 Å². The van der Waals surface area contributed by atoms with Crippen LogP contribution in [0.1, 0.15) is 5.56 Å². The summed E-state index contributed by atoms with van der Waals surface area (Å²) in [7, 11) is 0. The summed E-state index contributed by atoms with van der Waals surface area (Å²) in [5.41, 5.74) is 10.1. The largest absolute Gasteiger partial charge is 0.208 e. The summed E-state index contributed by atoms with van der Waals surface area (Å²) < 4.78 is 0. The number of hydrogen-bond acceptors (Lipinski definition) is 4. The van der Waals surface area contributed by atoms with E-state index in [1.165, 1.54) is 43.4 Å². The van der Waals surface area contributed by atoms with E-state index < -0.39 is 0 Å². The summed E-state index contributed by atoms with van der Waals surface area (Å²) in [6, 6.07) is 69.5. The molecule has 0 aliphatic rings. The van der Waals surface area contributed by atoms with Gasteiger partial charge in [0.2, 0.25) is 0 Å². The van der Waals surface area contributed by atoms with Gasteiger partial charge < -0.3 is 0 Å². The summed E-state index contributed by atoms with van der Waals surface area (Å²) in [5.74, 6) is 1.82. The Morgan fingerprint density at radius 2 is 0.804 bits per heavy atom. The van der Waals surface area contributed by atoms with Gasteiger partial charge in [0.25, 0.3) is 0 Å². The average molecular weight is 713 g/mol. The monoisotopic (exact) mass is 712 g/mol. The lowest BCUT2D eigenvalue weighted by atomic mass is 9.89. The van der Waals surface area contributed by atoms with Crippen LogP contribution in [0.3, 0.4) is 0 Å². The molecular weight excluding hydrogens is 681 g/mol. The quantitative estimate of drug-likeness (QED) is 0.127. The van der Waals surface area contributed by atoms with Crippen molar-refractivity contribution in [3.05, 3.63) is 200 Å². The second-order valence-electron chi connectivity index (χ2n) is 14.0. The lowest BCUT2D eigenvalue weighted by Crippen LogP contribution is -2.00. The lowest BCUT2D eigenvalue weighted by Gasteiger charge is -2.14. The summed E-state index contributed by atoms with van der Waals surface area (Å²) >= 11 is 0. The molecule has 0 atom stereocenters. The third kappa shape index (κ3) is 6.04. The minimum atomic E-state index is 0.595. The molecule has 1 aromatic heterocycles. The molecule has 10 aromatic rings. The number of nitrogens with zero attached hydrogens (tertiary/aromatic N) is 4. The van der Waals surface area contributed by atoms with Crippen molar-refractivity contribution in [2.45, 2.75) is 0 Å². The molecule has 0 amide bonds. The Morgan fingerprint density at radius 3 is 1.50 bits per heavy atom. The van der Waals surface area contributed by atoms with E-state index in [4.69, 9.17) is 15.0 Å². The van der Waals surface area contributed by atoms with E-state index in [1.54, 1.807) is 0 Å². The molecule has 0 spiro atoms. The van der Waals surface area contributed by atoms with Crippen LogP contribution in [-0.4, -0.2) is 15.0 Å². The maximum atomic E-state index is 9.26. The zero-order valence-electron chi connectivity index (χ0n) is 30.3. The summed E-state index contributed by atoms with van der Waals surface area (Å²) in [4.78, 5) is 14.9. The van der Waals surface area contributed by atoms with Crippen molar-refractivity contribution in [2.75, 3.05) is 0 Å². The first kappa shape index (κ1) is 32.9. The zero-order valence-corrected chi connectivity index (χ0v) is 30.3. The van der Waals surface area contributed by atoms with Crippen LogP contribution >= 0.6 is 0 Å². The Hall–Kier alpha value is -7.74. The fourth-order valence-electron chi connectivity index (χ4n) is 7.70. The molecule has 4 nitrogen and oxygen atoms in total. The smallest absolute Gasteiger partial charge is 0.164 e. The van der Waals surface area contributed by atoms with Crippen molar-refractivity contribution in [1.82, 2.24) is 15.0 Å². The van der Waals surface area contributed by atoms with Gasteiger partial charge in [0.15, 0.2) is 17.5 Å². The van der Waals surface area contributed by atoms with Gasteiger partial charge in [-0.15, -0.1) is 0 Å². The van der Waals surface area contributed by atoms with Crippen molar-refractivity contribution in [2.24, 2.45) is 0 Å². The average Bonchev–Trinajstić information content (AvgIpc) is 3.28. The number of rotatable bonds is 6. The van der Waals surface area contributed by atoms with Gasteiger partial charge in [0.05, 0.1) is 11.6 Å². The minimum Gasteiger partial charge on any atom is -0.208 e. The Labute approximate surface area is 324 Å². The van der Waals surface area contributed by atoms with E-state index in [9.17, 15) is 5.26 Å². The molecule has 0 fully saturated rings. The molecule has 9 aromatic carbocycles. The van der Waals surface area contributed by atoms with Gasteiger partial charge in [-0.2, -0.15) is 5.26 Å². The van der Waals surface area contributed by atoms with Crippen LogP contribution < -0.4 is 0 Å². The molecule has 4 heteroatoms. The van der Waals surface area contributed by atoms with Crippen molar-refractivity contribution in [1.29, 1.82) is 5.26 Å². The third-order valence-electron chi connectivity index (χ3n) is 10.6. The first-order valence-corrected chi connectivity index (χ1v) is 18.7. The first-order valence-electron chi connectivity index (χ1n) is 18.7. The normalized spacial score (nSPS) is 11.2. The van der Waals surface area contributed by atoms with E-state index in [1.807, 2.05) is 66.7 Å². The number of benzene rings is 9. The highest BCUT2D eigenvalue weighted by molar-refractivity contribution is 6.20. The molecule has 0 aliphatic carbocycles. The summed E-state index contributed by atoms with van der Waals surface area (Å²) in [6.45, 7) is 0. The van der Waals surface area contributed by atoms with Crippen LogP contribution in [-0.2, 0) is 0 Å². The molecule has 0 unspecified atom stereocenters. The van der Waals surface area contributed by atoms with Crippen LogP contribution in [0, 0.1) is 11.3 Å². The van der Waals surface area contributed by atoms with Gasteiger partial charge in [0, 0.05) is 16.7 Å². The molecule has 0 N–H and O–H groups in total. The number of aromatic nitrogens is 3. The number of hydrogen-bond donors (Lipinski definition) is 0. The van der Waals surface area contributed by atoms with Crippen LogP contribution in [0.2, 0.25) is 0 Å². The van der Waals surface area contributed by atoms with Gasteiger partial charge in [0.1, 0.15) is 0 Å². The second kappa shape index (κ2) is 13.9. The molecule has 56 heavy (non-hydrogen) atoms. The van der Waals surface area contributed by atoms with E-state index in [2.05, 4.69) is 133 Å². The van der Waals surface area contributed by atoms with Crippen molar-refractivity contribution in [3.8, 4) is 73.6 Å². The SMILES string of the molecule is N#Cc1ccc(-c2cccc(-c3nc(-c4ccccc4)nc(-c4ccc(-c5ccc(-c6c7ccccc7cc7c6ccc6ccccc67)cc5)cc4)n3)c2)cc1. The van der Waals surface area contributed by atoms with Gasteiger partial charge in [-0.3, -0.25) is 0 Å². The standard InChI is InChI=1S/C52H32N4/c53-33-34-17-19-37(20-18-34)42-13-8-14-44(31-42)52-55-50(40-10-2-1-3-11-40)54-51(56-52)41-27-23-36(24-28-41)35-21-25-39(26-22-35)49-46-16-7-5-12-43(46)32-48-45-15-6-4-9-38(45)29-30-47(48)49/h1-32H. The molecule has 0 radical (unpaired) electrons. The van der Waals surface area contributed by atoms with Crippen LogP contribution in [0.5, 0.6) is 0 Å². The van der Waals surface area contributed by atoms with Crippen molar-refractivity contribution >= 4 is 32.3 Å². The zero-order chi connectivity index (χ0) is 37.4. The topological polar surface area (TPSA) is 62.5 Å². The van der Waals surface area contributed by atoms with E-state index in [0.29, 0.717) is 23.0 Å². The number of fused-ring (bicyclic) bond motifs is 4. The van der Waals surface area contributed by atoms with Crippen molar-refractivity contribution in [3.63, 3.8) is 0 Å². The second-order valence-corrected chi connectivity index (χ2v) is 14.0. The molecule has 0 saturated heterocycles. The highest BCUT2D eigenvalue weighted by atomic mass is 15.0. The maximum absolute atomic E-state index is 9.26. The molecule has 0 aliphatic heterocycles. The minimum absolute atomic E-state index is 0.595.